The molecule has 21 heavy (non-hydrogen) atoms. The first kappa shape index (κ1) is 15.5. The fraction of sp³-hybridized carbons (Fsp3) is 0.529. The summed E-state index contributed by atoms with van der Waals surface area (Å²) in [6, 6.07) is 8.12. The third-order valence-electron chi connectivity index (χ3n) is 3.76. The van der Waals surface area contributed by atoms with Gasteiger partial charge in [-0.2, -0.15) is 0 Å². The molecule has 0 aliphatic rings. The first-order valence-corrected chi connectivity index (χ1v) is 7.91. The fourth-order valence-corrected chi connectivity index (χ4v) is 2.59. The Morgan fingerprint density at radius 2 is 2.05 bits per heavy atom. The summed E-state index contributed by atoms with van der Waals surface area (Å²) in [6.07, 6.45) is 4.05. The normalized spacial score (nSPS) is 12.5. The van der Waals surface area contributed by atoms with Gasteiger partial charge in [0.15, 0.2) is 0 Å². The molecular weight excluding hydrogens is 262 g/mol. The molecule has 0 bridgehead atoms. The number of rotatable bonds is 7. The Bertz CT molecular complexity index is 603. The van der Waals surface area contributed by atoms with E-state index >= 15 is 0 Å². The van der Waals surface area contributed by atoms with E-state index in [9.17, 15) is 4.79 Å². The fourth-order valence-electron chi connectivity index (χ4n) is 2.59. The van der Waals surface area contributed by atoms with Crippen molar-refractivity contribution in [1.82, 2.24) is 14.9 Å². The molecule has 2 aromatic rings. The predicted octanol–water partition coefficient (Wildman–Crippen LogP) is 3.81. The van der Waals surface area contributed by atoms with Crippen molar-refractivity contribution in [2.45, 2.75) is 59.0 Å². The minimum Gasteiger partial charge on any atom is -0.346 e. The molecule has 4 heteroatoms. The molecule has 4 nitrogen and oxygen atoms in total. The molecule has 1 unspecified atom stereocenters. The minimum absolute atomic E-state index is 0.0634. The lowest BCUT2D eigenvalue weighted by Crippen LogP contribution is -2.28. The van der Waals surface area contributed by atoms with E-state index in [-0.39, 0.29) is 11.9 Å². The maximum Gasteiger partial charge on any atom is 0.220 e. The van der Waals surface area contributed by atoms with Gasteiger partial charge >= 0.3 is 0 Å². The molecule has 1 heterocycles. The molecular formula is C17H25N3O. The third-order valence-corrected chi connectivity index (χ3v) is 3.76. The number of carbonyl (C=O) groups is 1. The lowest BCUT2D eigenvalue weighted by Gasteiger charge is -2.16. The Labute approximate surface area is 126 Å². The number of fused-ring (bicyclic) bond motifs is 1. The van der Waals surface area contributed by atoms with Gasteiger partial charge in [0.05, 0.1) is 17.1 Å². The zero-order valence-corrected chi connectivity index (χ0v) is 13.2. The number of hydrogen-bond donors (Lipinski definition) is 1. The van der Waals surface area contributed by atoms with E-state index in [1.54, 1.807) is 0 Å². The molecule has 1 aromatic heterocycles. The number of nitrogens with zero attached hydrogens (tertiary/aromatic N) is 2. The Hall–Kier alpha value is -1.84. The lowest BCUT2D eigenvalue weighted by atomic mass is 10.2. The van der Waals surface area contributed by atoms with Crippen molar-refractivity contribution >= 4 is 16.9 Å². The predicted molar refractivity (Wildman–Crippen MR) is 86.1 cm³/mol. The van der Waals surface area contributed by atoms with Crippen LogP contribution < -0.4 is 5.32 Å². The second-order valence-electron chi connectivity index (χ2n) is 5.46. The monoisotopic (exact) mass is 287 g/mol. The van der Waals surface area contributed by atoms with Crippen molar-refractivity contribution in [1.29, 1.82) is 0 Å². The molecule has 1 N–H and O–H groups in total. The van der Waals surface area contributed by atoms with Gasteiger partial charge in [-0.15, -0.1) is 0 Å². The summed E-state index contributed by atoms with van der Waals surface area (Å²) >= 11 is 0. The Morgan fingerprint density at radius 3 is 2.76 bits per heavy atom. The lowest BCUT2D eigenvalue weighted by molar-refractivity contribution is -0.121. The molecule has 114 valence electrons. The number of amides is 1. The zero-order chi connectivity index (χ0) is 15.2. The summed E-state index contributed by atoms with van der Waals surface area (Å²) in [4.78, 5) is 16.4. The van der Waals surface area contributed by atoms with Crippen molar-refractivity contribution in [3.8, 4) is 0 Å². The number of aryl methyl sites for hydroxylation is 1. The van der Waals surface area contributed by atoms with Gasteiger partial charge in [-0.3, -0.25) is 4.79 Å². The number of nitrogens with one attached hydrogen (secondary N) is 1. The van der Waals surface area contributed by atoms with Gasteiger partial charge in [-0.1, -0.05) is 38.8 Å². The van der Waals surface area contributed by atoms with Crippen molar-refractivity contribution in [2.24, 2.45) is 0 Å². The van der Waals surface area contributed by atoms with Crippen LogP contribution in [0.1, 0.15) is 58.3 Å². The molecule has 2 rings (SSSR count). The van der Waals surface area contributed by atoms with Gasteiger partial charge in [0.2, 0.25) is 5.91 Å². The van der Waals surface area contributed by atoms with Gasteiger partial charge in [0.25, 0.3) is 0 Å². The maximum atomic E-state index is 11.6. The van der Waals surface area contributed by atoms with Crippen LogP contribution in [0, 0.1) is 0 Å². The highest BCUT2D eigenvalue weighted by molar-refractivity contribution is 5.77. The maximum absolute atomic E-state index is 11.6. The van der Waals surface area contributed by atoms with Gasteiger partial charge in [0.1, 0.15) is 5.82 Å². The van der Waals surface area contributed by atoms with E-state index in [2.05, 4.69) is 22.9 Å². The Kier molecular flexibility index (Phi) is 5.37. The van der Waals surface area contributed by atoms with Crippen molar-refractivity contribution < 1.29 is 4.79 Å². The number of unbranched alkanes of at least 4 members (excludes halogenated alkanes) is 2. The average Bonchev–Trinajstić information content (AvgIpc) is 2.86. The quantitative estimate of drug-likeness (QED) is 0.787. The largest absolute Gasteiger partial charge is 0.346 e. The average molecular weight is 287 g/mol. The first-order chi connectivity index (χ1) is 10.2. The van der Waals surface area contributed by atoms with E-state index < -0.39 is 0 Å². The second kappa shape index (κ2) is 7.25. The van der Waals surface area contributed by atoms with Crippen LogP contribution in [0.15, 0.2) is 24.3 Å². The van der Waals surface area contributed by atoms with E-state index in [1.807, 2.05) is 32.0 Å². The standard InChI is InChI=1S/C17H25N3O/c1-4-6-9-12-20-15-11-8-7-10-14(15)19-17(20)13(3)18-16(21)5-2/h7-8,10-11,13H,4-6,9,12H2,1-3H3,(H,18,21). The summed E-state index contributed by atoms with van der Waals surface area (Å²) in [5.74, 6) is 1.02. The van der Waals surface area contributed by atoms with Gasteiger partial charge in [-0.05, 0) is 25.5 Å². The number of para-hydroxylation sites is 2. The van der Waals surface area contributed by atoms with Crippen LogP contribution in [0.3, 0.4) is 0 Å². The molecule has 0 spiro atoms. The molecule has 0 fully saturated rings. The smallest absolute Gasteiger partial charge is 0.220 e. The summed E-state index contributed by atoms with van der Waals surface area (Å²) in [5, 5.41) is 3.02. The topological polar surface area (TPSA) is 46.9 Å². The van der Waals surface area contributed by atoms with Crippen LogP contribution in [-0.2, 0) is 11.3 Å². The van der Waals surface area contributed by atoms with E-state index in [0.717, 1.165) is 29.8 Å². The van der Waals surface area contributed by atoms with Crippen LogP contribution >= 0.6 is 0 Å². The Balaban J connectivity index is 2.31. The summed E-state index contributed by atoms with van der Waals surface area (Å²) in [5.41, 5.74) is 2.16. The second-order valence-corrected chi connectivity index (χ2v) is 5.46. The van der Waals surface area contributed by atoms with Crippen molar-refractivity contribution in [2.75, 3.05) is 0 Å². The first-order valence-electron chi connectivity index (χ1n) is 7.91. The molecule has 0 radical (unpaired) electrons. The van der Waals surface area contributed by atoms with Crippen LogP contribution in [0.2, 0.25) is 0 Å². The number of imidazole rings is 1. The molecule has 0 aliphatic heterocycles. The van der Waals surface area contributed by atoms with Crippen molar-refractivity contribution in [3.05, 3.63) is 30.1 Å². The third kappa shape index (κ3) is 3.63. The van der Waals surface area contributed by atoms with Gasteiger partial charge in [0, 0.05) is 13.0 Å². The van der Waals surface area contributed by atoms with E-state index in [0.29, 0.717) is 6.42 Å². The minimum atomic E-state index is -0.0634. The number of aromatic nitrogens is 2. The zero-order valence-electron chi connectivity index (χ0n) is 13.2. The summed E-state index contributed by atoms with van der Waals surface area (Å²) in [7, 11) is 0. The van der Waals surface area contributed by atoms with Crippen LogP contribution in [0.4, 0.5) is 0 Å². The van der Waals surface area contributed by atoms with Crippen LogP contribution in [0.5, 0.6) is 0 Å². The number of carbonyl (C=O) groups excluding carboxylic acids is 1. The van der Waals surface area contributed by atoms with Gasteiger partial charge in [-0.25, -0.2) is 4.98 Å². The van der Waals surface area contributed by atoms with Crippen LogP contribution in [-0.4, -0.2) is 15.5 Å². The molecule has 0 saturated heterocycles. The van der Waals surface area contributed by atoms with E-state index in [1.165, 1.54) is 12.8 Å². The summed E-state index contributed by atoms with van der Waals surface area (Å²) in [6.45, 7) is 7.03. The highest BCUT2D eigenvalue weighted by Gasteiger charge is 2.17. The van der Waals surface area contributed by atoms with Crippen molar-refractivity contribution in [3.63, 3.8) is 0 Å². The highest BCUT2D eigenvalue weighted by Crippen LogP contribution is 2.21. The molecule has 1 atom stereocenters. The van der Waals surface area contributed by atoms with Crippen LogP contribution in [0.25, 0.3) is 11.0 Å². The van der Waals surface area contributed by atoms with E-state index in [4.69, 9.17) is 4.98 Å². The Morgan fingerprint density at radius 1 is 1.29 bits per heavy atom. The highest BCUT2D eigenvalue weighted by atomic mass is 16.1. The molecule has 0 aliphatic carbocycles. The molecule has 0 saturated carbocycles. The molecule has 1 aromatic carbocycles. The number of benzene rings is 1. The number of hydrogen-bond acceptors (Lipinski definition) is 2. The SMILES string of the molecule is CCCCCn1c(C(C)NC(=O)CC)nc2ccccc21. The molecule has 1 amide bonds. The summed E-state index contributed by atoms with van der Waals surface area (Å²) < 4.78 is 2.26. The van der Waals surface area contributed by atoms with Gasteiger partial charge < -0.3 is 9.88 Å².